The molecule has 0 spiro atoms. The van der Waals surface area contributed by atoms with Crippen molar-refractivity contribution in [3.8, 4) is 0 Å². The number of ether oxygens (including phenoxy) is 1. The average molecular weight is 359 g/mol. The standard InChI is InChI=1S/C18H22FN5O2/c1-22(9-13-4-2-3-5-15(13)19)11-18(25)23-7-6-17-16(10-23)24-14(12-26-17)8-20-21-24/h2-5,8,16-17H,6-7,9-12H2,1H3/t16-,17+/m1/s1. The number of benzene rings is 1. The van der Waals surface area contributed by atoms with Crippen molar-refractivity contribution < 1.29 is 13.9 Å². The first kappa shape index (κ1) is 17.1. The van der Waals surface area contributed by atoms with Gasteiger partial charge in [-0.2, -0.15) is 0 Å². The summed E-state index contributed by atoms with van der Waals surface area (Å²) in [6, 6.07) is 6.66. The van der Waals surface area contributed by atoms with Crippen LogP contribution < -0.4 is 0 Å². The Hall–Kier alpha value is -2.32. The first-order valence-corrected chi connectivity index (χ1v) is 8.82. The van der Waals surface area contributed by atoms with E-state index in [-0.39, 0.29) is 30.4 Å². The summed E-state index contributed by atoms with van der Waals surface area (Å²) in [5.41, 5.74) is 1.53. The van der Waals surface area contributed by atoms with Gasteiger partial charge >= 0.3 is 0 Å². The van der Waals surface area contributed by atoms with Crippen LogP contribution in [0.3, 0.4) is 0 Å². The number of hydrogen-bond acceptors (Lipinski definition) is 5. The summed E-state index contributed by atoms with van der Waals surface area (Å²) in [6.45, 7) is 2.39. The molecule has 2 aliphatic heterocycles. The van der Waals surface area contributed by atoms with Crippen LogP contribution in [0.1, 0.15) is 23.7 Å². The van der Waals surface area contributed by atoms with Crippen LogP contribution in [0.5, 0.6) is 0 Å². The molecule has 2 aromatic rings. The number of hydrogen-bond donors (Lipinski definition) is 0. The summed E-state index contributed by atoms with van der Waals surface area (Å²) in [6.07, 6.45) is 2.57. The van der Waals surface area contributed by atoms with Crippen molar-refractivity contribution in [3.63, 3.8) is 0 Å². The van der Waals surface area contributed by atoms with E-state index in [9.17, 15) is 9.18 Å². The number of nitrogens with zero attached hydrogens (tertiary/aromatic N) is 5. The molecule has 4 rings (SSSR count). The van der Waals surface area contributed by atoms with Gasteiger partial charge in [-0.1, -0.05) is 23.4 Å². The fourth-order valence-electron chi connectivity index (χ4n) is 3.71. The smallest absolute Gasteiger partial charge is 0.236 e. The van der Waals surface area contributed by atoms with Gasteiger partial charge in [-0.15, -0.1) is 5.10 Å². The lowest BCUT2D eigenvalue weighted by molar-refractivity contribution is -0.139. The minimum atomic E-state index is -0.245. The molecule has 0 aliphatic carbocycles. The van der Waals surface area contributed by atoms with Gasteiger partial charge in [-0.05, 0) is 19.5 Å². The number of piperidine rings is 1. The van der Waals surface area contributed by atoms with Crippen molar-refractivity contribution in [1.29, 1.82) is 0 Å². The molecule has 0 radical (unpaired) electrons. The molecule has 1 aromatic carbocycles. The number of halogens is 1. The Kier molecular flexibility index (Phi) is 4.69. The largest absolute Gasteiger partial charge is 0.370 e. The van der Waals surface area contributed by atoms with Gasteiger partial charge in [0, 0.05) is 25.2 Å². The molecular weight excluding hydrogens is 337 g/mol. The van der Waals surface area contributed by atoms with Crippen LogP contribution in [0.15, 0.2) is 30.5 Å². The van der Waals surface area contributed by atoms with E-state index in [1.807, 2.05) is 21.5 Å². The Morgan fingerprint density at radius 1 is 1.42 bits per heavy atom. The zero-order valence-corrected chi connectivity index (χ0v) is 14.7. The number of likely N-dealkylation sites (N-methyl/N-ethyl adjacent to an activating group) is 1. The Labute approximate surface area is 151 Å². The van der Waals surface area contributed by atoms with Gasteiger partial charge in [-0.3, -0.25) is 9.69 Å². The lowest BCUT2D eigenvalue weighted by Crippen LogP contribution is -2.51. The summed E-state index contributed by atoms with van der Waals surface area (Å²) in [7, 11) is 1.83. The van der Waals surface area contributed by atoms with Crippen molar-refractivity contribution in [2.75, 3.05) is 26.7 Å². The highest BCUT2D eigenvalue weighted by atomic mass is 19.1. The van der Waals surface area contributed by atoms with Gasteiger partial charge < -0.3 is 9.64 Å². The second-order valence-electron chi connectivity index (χ2n) is 6.98. The number of likely N-dealkylation sites (tertiary alicyclic amines) is 1. The van der Waals surface area contributed by atoms with E-state index in [0.29, 0.717) is 31.8 Å². The van der Waals surface area contributed by atoms with Crippen LogP contribution >= 0.6 is 0 Å². The van der Waals surface area contributed by atoms with Crippen molar-refractivity contribution in [1.82, 2.24) is 24.8 Å². The zero-order chi connectivity index (χ0) is 18.1. The molecule has 7 nitrogen and oxygen atoms in total. The number of carbonyl (C=O) groups excluding carboxylic acids is 1. The van der Waals surface area contributed by atoms with Crippen molar-refractivity contribution in [2.45, 2.75) is 31.7 Å². The molecule has 26 heavy (non-hydrogen) atoms. The molecule has 138 valence electrons. The van der Waals surface area contributed by atoms with Crippen molar-refractivity contribution in [3.05, 3.63) is 47.5 Å². The van der Waals surface area contributed by atoms with E-state index >= 15 is 0 Å². The molecule has 1 amide bonds. The van der Waals surface area contributed by atoms with E-state index < -0.39 is 0 Å². The Morgan fingerprint density at radius 2 is 2.27 bits per heavy atom. The van der Waals surface area contributed by atoms with Gasteiger partial charge in [-0.25, -0.2) is 9.07 Å². The summed E-state index contributed by atoms with van der Waals surface area (Å²) in [5, 5.41) is 8.11. The second-order valence-corrected chi connectivity index (χ2v) is 6.98. The highest BCUT2D eigenvalue weighted by molar-refractivity contribution is 5.78. The predicted molar refractivity (Wildman–Crippen MR) is 91.6 cm³/mol. The predicted octanol–water partition coefficient (Wildman–Crippen LogP) is 1.22. The topological polar surface area (TPSA) is 63.5 Å². The van der Waals surface area contributed by atoms with Crippen LogP contribution in [0.25, 0.3) is 0 Å². The van der Waals surface area contributed by atoms with Gasteiger partial charge in [0.15, 0.2) is 0 Å². The van der Waals surface area contributed by atoms with E-state index in [0.717, 1.165) is 12.1 Å². The van der Waals surface area contributed by atoms with E-state index in [4.69, 9.17) is 4.74 Å². The molecule has 2 aliphatic rings. The minimum absolute atomic E-state index is 0.0100. The molecule has 0 saturated carbocycles. The maximum atomic E-state index is 13.8. The Bertz CT molecular complexity index is 795. The van der Waals surface area contributed by atoms with Crippen LogP contribution in [0, 0.1) is 5.82 Å². The van der Waals surface area contributed by atoms with Gasteiger partial charge in [0.2, 0.25) is 5.91 Å². The number of carbonyl (C=O) groups is 1. The third-order valence-electron chi connectivity index (χ3n) is 5.08. The fourth-order valence-corrected chi connectivity index (χ4v) is 3.71. The van der Waals surface area contributed by atoms with Gasteiger partial charge in [0.25, 0.3) is 0 Å². The second kappa shape index (κ2) is 7.13. The minimum Gasteiger partial charge on any atom is -0.370 e. The normalized spacial score (nSPS) is 22.2. The maximum Gasteiger partial charge on any atom is 0.236 e. The Morgan fingerprint density at radius 3 is 3.12 bits per heavy atom. The molecular formula is C18H22FN5O2. The molecule has 1 saturated heterocycles. The molecule has 1 aromatic heterocycles. The van der Waals surface area contributed by atoms with E-state index in [2.05, 4.69) is 10.3 Å². The lowest BCUT2D eigenvalue weighted by Gasteiger charge is -2.41. The SMILES string of the molecule is CN(CC(=O)N1CC[C@@H]2OCc3cnnn3[C@@H]2C1)Cc1ccccc1F. The van der Waals surface area contributed by atoms with E-state index in [1.54, 1.807) is 24.4 Å². The van der Waals surface area contributed by atoms with Gasteiger partial charge in [0.05, 0.1) is 37.2 Å². The zero-order valence-electron chi connectivity index (χ0n) is 14.7. The van der Waals surface area contributed by atoms with Crippen molar-refractivity contribution in [2.24, 2.45) is 0 Å². The molecule has 0 N–H and O–H groups in total. The summed E-state index contributed by atoms with van der Waals surface area (Å²) < 4.78 is 21.5. The molecule has 8 heteroatoms. The first-order chi connectivity index (χ1) is 12.6. The molecule has 3 heterocycles. The third-order valence-corrected chi connectivity index (χ3v) is 5.08. The number of rotatable bonds is 4. The van der Waals surface area contributed by atoms with E-state index in [1.165, 1.54) is 6.07 Å². The molecule has 1 fully saturated rings. The van der Waals surface area contributed by atoms with Crippen LogP contribution in [-0.4, -0.2) is 63.5 Å². The number of aromatic nitrogens is 3. The highest BCUT2D eigenvalue weighted by Gasteiger charge is 2.37. The van der Waals surface area contributed by atoms with Gasteiger partial charge in [0.1, 0.15) is 5.82 Å². The van der Waals surface area contributed by atoms with Crippen LogP contribution in [0.2, 0.25) is 0 Å². The quantitative estimate of drug-likeness (QED) is 0.821. The number of fused-ring (bicyclic) bond motifs is 3. The lowest BCUT2D eigenvalue weighted by atomic mass is 10.0. The summed E-state index contributed by atoms with van der Waals surface area (Å²) >= 11 is 0. The number of amides is 1. The van der Waals surface area contributed by atoms with Crippen molar-refractivity contribution >= 4 is 5.91 Å². The molecule has 0 bridgehead atoms. The monoisotopic (exact) mass is 359 g/mol. The molecule has 0 unspecified atom stereocenters. The fraction of sp³-hybridized carbons (Fsp3) is 0.500. The van der Waals surface area contributed by atoms with Crippen LogP contribution in [-0.2, 0) is 22.7 Å². The van der Waals surface area contributed by atoms with Crippen LogP contribution in [0.4, 0.5) is 4.39 Å². The maximum absolute atomic E-state index is 13.8. The third kappa shape index (κ3) is 3.34. The summed E-state index contributed by atoms with van der Waals surface area (Å²) in [4.78, 5) is 16.4. The highest BCUT2D eigenvalue weighted by Crippen LogP contribution is 2.30. The average Bonchev–Trinajstić information content (AvgIpc) is 3.12. The summed E-state index contributed by atoms with van der Waals surface area (Å²) in [5.74, 6) is -0.208. The Balaban J connectivity index is 1.38. The molecule has 2 atom stereocenters. The first-order valence-electron chi connectivity index (χ1n) is 8.82.